The number of anilines is 1. The third-order valence-electron chi connectivity index (χ3n) is 4.87. The second-order valence-corrected chi connectivity index (χ2v) is 9.85. The van der Waals surface area contributed by atoms with Gasteiger partial charge >= 0.3 is 0 Å². The molecule has 0 fully saturated rings. The first-order valence-corrected chi connectivity index (χ1v) is 12.0. The van der Waals surface area contributed by atoms with Crippen LogP contribution in [0.2, 0.25) is 5.02 Å². The summed E-state index contributed by atoms with van der Waals surface area (Å²) in [7, 11) is 0.112. The van der Waals surface area contributed by atoms with Crippen LogP contribution in [-0.2, 0) is 14.8 Å². The quantitative estimate of drug-likeness (QED) is 0.424. The van der Waals surface area contributed by atoms with E-state index in [1.807, 2.05) is 13.8 Å². The molecule has 0 saturated heterocycles. The monoisotopic (exact) mass is 512 g/mol. The molecule has 0 aliphatic rings. The van der Waals surface area contributed by atoms with Crippen LogP contribution in [0.4, 0.5) is 5.95 Å². The van der Waals surface area contributed by atoms with E-state index in [0.29, 0.717) is 10.8 Å². The predicted octanol–water partition coefficient (Wildman–Crippen LogP) is 2.16. The smallest absolute Gasteiger partial charge is 0.245 e. The molecule has 2 unspecified atom stereocenters. The van der Waals surface area contributed by atoms with Gasteiger partial charge in [-0.1, -0.05) is 25.4 Å². The highest BCUT2D eigenvalue weighted by Crippen LogP contribution is 2.34. The molecule has 0 bridgehead atoms. The van der Waals surface area contributed by atoms with E-state index in [-0.39, 0.29) is 35.1 Å². The number of hydrogen-bond donors (Lipinski definition) is 1. The van der Waals surface area contributed by atoms with Crippen molar-refractivity contribution >= 4 is 27.6 Å². The van der Waals surface area contributed by atoms with E-state index in [4.69, 9.17) is 25.8 Å². The molecule has 184 valence electrons. The van der Waals surface area contributed by atoms with E-state index in [0.717, 1.165) is 0 Å². The Labute approximate surface area is 201 Å². The van der Waals surface area contributed by atoms with E-state index in [1.165, 1.54) is 51.5 Å². The van der Waals surface area contributed by atoms with Gasteiger partial charge in [-0.3, -0.25) is 9.29 Å². The van der Waals surface area contributed by atoms with E-state index in [9.17, 15) is 8.42 Å². The van der Waals surface area contributed by atoms with Crippen molar-refractivity contribution in [2.24, 2.45) is 0 Å². The minimum Gasteiger partial charge on any atom is -0.479 e. The summed E-state index contributed by atoms with van der Waals surface area (Å²) in [6.45, 7) is 5.22. The van der Waals surface area contributed by atoms with Gasteiger partial charge in [0, 0.05) is 25.4 Å². The van der Waals surface area contributed by atoms with E-state index in [2.05, 4.69) is 34.9 Å². The summed E-state index contributed by atoms with van der Waals surface area (Å²) in [5.74, 6) is 0.633. The average molecular weight is 513 g/mol. The van der Waals surface area contributed by atoms with Crippen molar-refractivity contribution in [3.05, 3.63) is 35.4 Å². The molecule has 0 aromatic carbocycles. The molecule has 0 aliphatic heterocycles. The number of sulfonamides is 1. The molecule has 34 heavy (non-hydrogen) atoms. The molecule has 3 rings (SSSR count). The molecule has 0 spiro atoms. The summed E-state index contributed by atoms with van der Waals surface area (Å²) in [6, 6.07) is 0. The maximum atomic E-state index is 13.4. The Bertz CT molecular complexity index is 1210. The van der Waals surface area contributed by atoms with Crippen LogP contribution in [0.15, 0.2) is 18.7 Å². The fraction of sp³-hybridized carbons (Fsp3) is 0.474. The van der Waals surface area contributed by atoms with Gasteiger partial charge in [0.25, 0.3) is 0 Å². The number of nitrogens with zero attached hydrogens (tertiary/aromatic N) is 7. The Hall–Kier alpha value is -3.10. The van der Waals surface area contributed by atoms with Gasteiger partial charge in [-0.05, 0) is 6.92 Å². The molecule has 3 aromatic rings. The molecule has 0 saturated carbocycles. The third-order valence-corrected chi connectivity index (χ3v) is 6.76. The van der Waals surface area contributed by atoms with E-state index in [1.54, 1.807) is 0 Å². The molecule has 13 nitrogen and oxygen atoms in total. The molecular formula is C19H25ClN8O5S. The molecular weight excluding hydrogens is 488 g/mol. The second-order valence-electron chi connectivity index (χ2n) is 7.38. The van der Waals surface area contributed by atoms with Crippen LogP contribution in [0.1, 0.15) is 44.4 Å². The first-order chi connectivity index (χ1) is 16.1. The maximum Gasteiger partial charge on any atom is 0.245 e. The van der Waals surface area contributed by atoms with Gasteiger partial charge in [0.05, 0.1) is 19.2 Å². The minimum atomic E-state index is -4.10. The number of aromatic nitrogens is 7. The largest absolute Gasteiger partial charge is 0.479 e. The number of ether oxygens (including phenoxy) is 3. The molecule has 0 radical (unpaired) electrons. The first kappa shape index (κ1) is 25.5. The fourth-order valence-corrected chi connectivity index (χ4v) is 4.38. The Morgan fingerprint density at radius 3 is 2.06 bits per heavy atom. The van der Waals surface area contributed by atoms with E-state index < -0.39 is 21.4 Å². The minimum absolute atomic E-state index is 0.103. The number of nitrogens with one attached hydrogen (secondary N) is 1. The highest BCUT2D eigenvalue weighted by atomic mass is 35.5. The highest BCUT2D eigenvalue weighted by molar-refractivity contribution is 7.93. The predicted molar refractivity (Wildman–Crippen MR) is 123 cm³/mol. The average Bonchev–Trinajstić information content (AvgIpc) is 3.22. The lowest BCUT2D eigenvalue weighted by atomic mass is 10.2. The Balaban J connectivity index is 2.08. The lowest BCUT2D eigenvalue weighted by Crippen LogP contribution is -2.33. The summed E-state index contributed by atoms with van der Waals surface area (Å²) in [5, 5.41) is 7.43. The van der Waals surface area contributed by atoms with Gasteiger partial charge in [0.15, 0.2) is 11.5 Å². The number of halogens is 1. The van der Waals surface area contributed by atoms with Crippen LogP contribution in [0.25, 0.3) is 5.69 Å². The van der Waals surface area contributed by atoms with Crippen LogP contribution in [-0.4, -0.2) is 69.7 Å². The molecule has 1 N–H and O–H groups in total. The van der Waals surface area contributed by atoms with Crippen LogP contribution in [0, 0.1) is 0 Å². The topological polar surface area (TPSA) is 156 Å². The number of hydrogen-bond acceptors (Lipinski definition) is 11. The second kappa shape index (κ2) is 10.4. The lowest BCUT2D eigenvalue weighted by molar-refractivity contribution is 0.0950. The van der Waals surface area contributed by atoms with Crippen molar-refractivity contribution in [1.29, 1.82) is 0 Å². The van der Waals surface area contributed by atoms with Gasteiger partial charge in [-0.15, -0.1) is 10.2 Å². The van der Waals surface area contributed by atoms with Gasteiger partial charge < -0.3 is 14.2 Å². The van der Waals surface area contributed by atoms with Crippen LogP contribution in [0.3, 0.4) is 0 Å². The van der Waals surface area contributed by atoms with Crippen molar-refractivity contribution < 1.29 is 22.6 Å². The van der Waals surface area contributed by atoms with Crippen molar-refractivity contribution in [2.75, 3.05) is 26.1 Å². The van der Waals surface area contributed by atoms with Gasteiger partial charge in [0.2, 0.25) is 27.7 Å². The first-order valence-electron chi connectivity index (χ1n) is 10.0. The summed E-state index contributed by atoms with van der Waals surface area (Å²) >= 11 is 5.84. The summed E-state index contributed by atoms with van der Waals surface area (Å²) in [6.07, 6.45) is 3.01. The summed E-state index contributed by atoms with van der Waals surface area (Å²) in [4.78, 5) is 16.4. The Kier molecular flexibility index (Phi) is 7.84. The normalized spacial score (nSPS) is 13.5. The molecule has 0 aliphatic carbocycles. The zero-order chi connectivity index (χ0) is 25.0. The Morgan fingerprint density at radius 2 is 1.56 bits per heavy atom. The maximum absolute atomic E-state index is 13.4. The van der Waals surface area contributed by atoms with Crippen molar-refractivity contribution in [3.63, 3.8) is 0 Å². The number of methoxy groups -OCH3 is 3. The van der Waals surface area contributed by atoms with Crippen molar-refractivity contribution in [3.8, 4) is 17.4 Å². The van der Waals surface area contributed by atoms with Gasteiger partial charge in [0.1, 0.15) is 23.5 Å². The van der Waals surface area contributed by atoms with Crippen LogP contribution < -0.4 is 14.2 Å². The Morgan fingerprint density at radius 1 is 0.971 bits per heavy atom. The summed E-state index contributed by atoms with van der Waals surface area (Å²) in [5.41, 5.74) is 0.246. The van der Waals surface area contributed by atoms with Gasteiger partial charge in [-0.2, -0.15) is 9.97 Å². The lowest BCUT2D eigenvalue weighted by Gasteiger charge is -2.22. The third kappa shape index (κ3) is 5.03. The molecule has 0 amide bonds. The fourth-order valence-electron chi connectivity index (χ4n) is 3.15. The van der Waals surface area contributed by atoms with Crippen LogP contribution in [0.5, 0.6) is 11.8 Å². The van der Waals surface area contributed by atoms with E-state index >= 15 is 0 Å². The SMILES string of the molecule is COc1ncnc(OC)c1-n1c(NS(=O)(=O)C(C)C(OC)c2ncc(Cl)cn2)nnc1C(C)C. The van der Waals surface area contributed by atoms with Crippen molar-refractivity contribution in [1.82, 2.24) is 34.7 Å². The van der Waals surface area contributed by atoms with Crippen molar-refractivity contribution in [2.45, 2.75) is 38.0 Å². The molecule has 15 heteroatoms. The molecule has 3 heterocycles. The summed E-state index contributed by atoms with van der Waals surface area (Å²) < 4.78 is 46.8. The van der Waals surface area contributed by atoms with Gasteiger partial charge in [-0.25, -0.2) is 18.4 Å². The molecule has 2 atom stereocenters. The standard InChI is InChI=1S/C19H25ClN8O5S/c1-10(2)16-25-26-19(28(16)13-17(32-5)23-9-24-18(13)33-6)27-34(29,30)11(3)14(31-4)15-21-7-12(20)8-22-15/h7-11,14H,1-6H3,(H,26,27). The molecule has 3 aromatic heterocycles. The zero-order valence-electron chi connectivity index (χ0n) is 19.4. The number of rotatable bonds is 10. The highest BCUT2D eigenvalue weighted by Gasteiger charge is 2.35. The zero-order valence-corrected chi connectivity index (χ0v) is 21.0. The van der Waals surface area contributed by atoms with Crippen LogP contribution >= 0.6 is 11.6 Å².